The molecular formula is C8H8N2O4S. The monoisotopic (exact) mass is 228 g/mol. The van der Waals surface area contributed by atoms with Gasteiger partial charge in [0.15, 0.2) is 9.84 Å². The van der Waals surface area contributed by atoms with Gasteiger partial charge in [-0.3, -0.25) is 10.1 Å². The number of nitro groups is 1. The Bertz CT molecular complexity index is 538. The summed E-state index contributed by atoms with van der Waals surface area (Å²) in [4.78, 5) is 9.84. The van der Waals surface area contributed by atoms with E-state index in [-0.39, 0.29) is 16.3 Å². The number of fused-ring (bicyclic) bond motifs is 1. The topological polar surface area (TPSA) is 103 Å². The SMILES string of the molecule is NC1CS(=O)(=O)c2cc([N+](=O)[O-])ccc21. The van der Waals surface area contributed by atoms with Crippen molar-refractivity contribution in [3.05, 3.63) is 33.9 Å². The maximum absolute atomic E-state index is 11.5. The lowest BCUT2D eigenvalue weighted by molar-refractivity contribution is -0.385. The second-order valence-electron chi connectivity index (χ2n) is 3.37. The molecule has 0 saturated carbocycles. The molecule has 7 heteroatoms. The first-order chi connectivity index (χ1) is 6.92. The highest BCUT2D eigenvalue weighted by Crippen LogP contribution is 2.34. The largest absolute Gasteiger partial charge is 0.323 e. The van der Waals surface area contributed by atoms with Gasteiger partial charge in [-0.05, 0) is 11.6 Å². The van der Waals surface area contributed by atoms with Crippen molar-refractivity contribution in [1.29, 1.82) is 0 Å². The highest BCUT2D eigenvalue weighted by atomic mass is 32.2. The van der Waals surface area contributed by atoms with Crippen LogP contribution in [0.1, 0.15) is 11.6 Å². The predicted molar refractivity (Wildman–Crippen MR) is 52.1 cm³/mol. The Morgan fingerprint density at radius 2 is 2.13 bits per heavy atom. The van der Waals surface area contributed by atoms with Crippen molar-refractivity contribution < 1.29 is 13.3 Å². The zero-order chi connectivity index (χ0) is 11.2. The summed E-state index contributed by atoms with van der Waals surface area (Å²) in [5.41, 5.74) is 5.83. The Morgan fingerprint density at radius 3 is 2.73 bits per heavy atom. The van der Waals surface area contributed by atoms with Crippen LogP contribution in [0.25, 0.3) is 0 Å². The zero-order valence-electron chi connectivity index (χ0n) is 7.58. The molecule has 1 aromatic rings. The van der Waals surface area contributed by atoms with Crippen molar-refractivity contribution >= 4 is 15.5 Å². The molecule has 0 amide bonds. The summed E-state index contributed by atoms with van der Waals surface area (Å²) >= 11 is 0. The second kappa shape index (κ2) is 3.01. The quantitative estimate of drug-likeness (QED) is 0.552. The molecule has 0 radical (unpaired) electrons. The molecule has 0 aromatic heterocycles. The van der Waals surface area contributed by atoms with Crippen LogP contribution < -0.4 is 5.73 Å². The van der Waals surface area contributed by atoms with Crippen molar-refractivity contribution in [3.8, 4) is 0 Å². The normalized spacial score (nSPS) is 22.3. The van der Waals surface area contributed by atoms with Gasteiger partial charge < -0.3 is 5.73 Å². The first-order valence-corrected chi connectivity index (χ1v) is 5.84. The van der Waals surface area contributed by atoms with E-state index in [0.717, 1.165) is 6.07 Å². The molecule has 0 aliphatic carbocycles. The van der Waals surface area contributed by atoms with E-state index in [0.29, 0.717) is 5.56 Å². The van der Waals surface area contributed by atoms with Gasteiger partial charge in [0.2, 0.25) is 0 Å². The molecule has 0 saturated heterocycles. The highest BCUT2D eigenvalue weighted by molar-refractivity contribution is 7.91. The Labute approximate surface area is 85.8 Å². The third-order valence-corrected chi connectivity index (χ3v) is 4.16. The lowest BCUT2D eigenvalue weighted by Gasteiger charge is -2.00. The third-order valence-electron chi connectivity index (χ3n) is 2.34. The minimum atomic E-state index is -3.44. The zero-order valence-corrected chi connectivity index (χ0v) is 8.40. The van der Waals surface area contributed by atoms with Gasteiger partial charge in [-0.15, -0.1) is 0 Å². The standard InChI is InChI=1S/C8H8N2O4S/c9-7-4-15(13,14)8-3-5(10(11)12)1-2-6(7)8/h1-3,7H,4,9H2. The Balaban J connectivity index is 2.68. The number of nitrogens with two attached hydrogens (primary N) is 1. The van der Waals surface area contributed by atoms with Gasteiger partial charge in [-0.2, -0.15) is 0 Å². The van der Waals surface area contributed by atoms with Gasteiger partial charge in [0.05, 0.1) is 15.6 Å². The molecule has 1 aliphatic rings. The molecule has 0 fully saturated rings. The van der Waals surface area contributed by atoms with Crippen molar-refractivity contribution in [2.75, 3.05) is 5.75 Å². The summed E-state index contributed by atoms with van der Waals surface area (Å²) in [5.74, 6) is -0.177. The maximum atomic E-state index is 11.5. The molecule has 1 aliphatic heterocycles. The van der Waals surface area contributed by atoms with Crippen LogP contribution in [-0.2, 0) is 9.84 Å². The lowest BCUT2D eigenvalue weighted by Crippen LogP contribution is -2.11. The van der Waals surface area contributed by atoms with E-state index >= 15 is 0 Å². The van der Waals surface area contributed by atoms with Crippen molar-refractivity contribution in [3.63, 3.8) is 0 Å². The van der Waals surface area contributed by atoms with Gasteiger partial charge in [0, 0.05) is 18.2 Å². The van der Waals surface area contributed by atoms with E-state index in [1.54, 1.807) is 0 Å². The number of sulfone groups is 1. The highest BCUT2D eigenvalue weighted by Gasteiger charge is 2.33. The third kappa shape index (κ3) is 1.49. The molecule has 1 heterocycles. The molecule has 1 atom stereocenters. The van der Waals surface area contributed by atoms with Gasteiger partial charge in [-0.25, -0.2) is 8.42 Å². The Kier molecular flexibility index (Phi) is 2.02. The van der Waals surface area contributed by atoms with E-state index in [1.807, 2.05) is 0 Å². The molecule has 1 aromatic carbocycles. The van der Waals surface area contributed by atoms with Crippen LogP contribution in [-0.4, -0.2) is 19.1 Å². The van der Waals surface area contributed by atoms with Crippen LogP contribution in [0.15, 0.2) is 23.1 Å². The predicted octanol–water partition coefficient (Wildman–Crippen LogP) is 0.382. The van der Waals surface area contributed by atoms with Gasteiger partial charge in [0.25, 0.3) is 5.69 Å². The fourth-order valence-corrected chi connectivity index (χ4v) is 3.34. The van der Waals surface area contributed by atoms with Crippen LogP contribution in [0.5, 0.6) is 0 Å². The van der Waals surface area contributed by atoms with Crippen molar-refractivity contribution in [2.24, 2.45) is 5.73 Å². The minimum Gasteiger partial charge on any atom is -0.323 e. The molecule has 80 valence electrons. The number of nitrogens with zero attached hydrogens (tertiary/aromatic N) is 1. The van der Waals surface area contributed by atoms with E-state index in [1.165, 1.54) is 12.1 Å². The number of nitro benzene ring substituents is 1. The summed E-state index contributed by atoms with van der Waals surface area (Å²) in [7, 11) is -3.44. The molecule has 2 N–H and O–H groups in total. The fraction of sp³-hybridized carbons (Fsp3) is 0.250. The molecule has 6 nitrogen and oxygen atoms in total. The fourth-order valence-electron chi connectivity index (χ4n) is 1.63. The van der Waals surface area contributed by atoms with Crippen molar-refractivity contribution in [2.45, 2.75) is 10.9 Å². The Hall–Kier alpha value is -1.47. The number of rotatable bonds is 1. The summed E-state index contributed by atoms with van der Waals surface area (Å²) in [6.07, 6.45) is 0. The van der Waals surface area contributed by atoms with Crippen molar-refractivity contribution in [1.82, 2.24) is 0 Å². The van der Waals surface area contributed by atoms with E-state index in [9.17, 15) is 18.5 Å². The van der Waals surface area contributed by atoms with Crippen LogP contribution in [0.3, 0.4) is 0 Å². The molecule has 15 heavy (non-hydrogen) atoms. The lowest BCUT2D eigenvalue weighted by atomic mass is 10.1. The summed E-state index contributed by atoms with van der Waals surface area (Å²) in [6.45, 7) is 0. The molecule has 2 rings (SSSR count). The van der Waals surface area contributed by atoms with E-state index in [4.69, 9.17) is 5.73 Å². The van der Waals surface area contributed by atoms with Crippen LogP contribution in [0.4, 0.5) is 5.69 Å². The molecule has 1 unspecified atom stereocenters. The van der Waals surface area contributed by atoms with E-state index < -0.39 is 20.8 Å². The molecule has 0 spiro atoms. The van der Waals surface area contributed by atoms with Gasteiger partial charge >= 0.3 is 0 Å². The first-order valence-electron chi connectivity index (χ1n) is 4.18. The number of hydrogen-bond donors (Lipinski definition) is 1. The van der Waals surface area contributed by atoms with Gasteiger partial charge in [0.1, 0.15) is 0 Å². The van der Waals surface area contributed by atoms with E-state index in [2.05, 4.69) is 0 Å². The molecular weight excluding hydrogens is 220 g/mol. The number of benzene rings is 1. The first kappa shape index (κ1) is 10.1. The Morgan fingerprint density at radius 1 is 1.47 bits per heavy atom. The van der Waals surface area contributed by atoms with Crippen LogP contribution >= 0.6 is 0 Å². The second-order valence-corrected chi connectivity index (χ2v) is 5.37. The average molecular weight is 228 g/mol. The van der Waals surface area contributed by atoms with Crippen LogP contribution in [0, 0.1) is 10.1 Å². The summed E-state index contributed by atoms with van der Waals surface area (Å²) in [6, 6.07) is 3.16. The number of non-ortho nitro benzene ring substituents is 1. The summed E-state index contributed by atoms with van der Waals surface area (Å²) in [5, 5.41) is 10.5. The van der Waals surface area contributed by atoms with Crippen LogP contribution in [0.2, 0.25) is 0 Å². The maximum Gasteiger partial charge on any atom is 0.270 e. The smallest absolute Gasteiger partial charge is 0.270 e. The van der Waals surface area contributed by atoms with Gasteiger partial charge in [-0.1, -0.05) is 0 Å². The minimum absolute atomic E-state index is 0.01000. The average Bonchev–Trinajstić information content (AvgIpc) is 2.37. The molecule has 0 bridgehead atoms. The summed E-state index contributed by atoms with van der Waals surface area (Å²) < 4.78 is 23.1. The number of hydrogen-bond acceptors (Lipinski definition) is 5.